The molecular formula is C13H14O5. The summed E-state index contributed by atoms with van der Waals surface area (Å²) in [4.78, 5) is 22.4. The lowest BCUT2D eigenvalue weighted by atomic mass is 9.88. The third kappa shape index (κ3) is 2.30. The molecule has 1 aromatic rings. The summed E-state index contributed by atoms with van der Waals surface area (Å²) < 4.78 is 10.1. The molecule has 0 spiro atoms. The van der Waals surface area contributed by atoms with Crippen molar-refractivity contribution in [2.45, 2.75) is 12.8 Å². The Balaban J connectivity index is 2.20. The van der Waals surface area contributed by atoms with Crippen LogP contribution in [0.25, 0.3) is 0 Å². The van der Waals surface area contributed by atoms with Gasteiger partial charge in [0.2, 0.25) is 0 Å². The molecule has 96 valence electrons. The van der Waals surface area contributed by atoms with Crippen LogP contribution >= 0.6 is 0 Å². The van der Waals surface area contributed by atoms with Crippen molar-refractivity contribution < 1.29 is 24.2 Å². The van der Waals surface area contributed by atoms with Gasteiger partial charge in [-0.1, -0.05) is 12.1 Å². The number of rotatable bonds is 4. The molecule has 0 amide bonds. The second-order valence-electron chi connectivity index (χ2n) is 4.05. The smallest absolute Gasteiger partial charge is 0.321 e. The maximum absolute atomic E-state index is 11.3. The zero-order chi connectivity index (χ0) is 13.1. The van der Waals surface area contributed by atoms with Gasteiger partial charge in [-0.25, -0.2) is 0 Å². The summed E-state index contributed by atoms with van der Waals surface area (Å²) >= 11 is 0. The second kappa shape index (κ2) is 5.08. The van der Waals surface area contributed by atoms with Gasteiger partial charge in [-0.15, -0.1) is 0 Å². The quantitative estimate of drug-likeness (QED) is 0.646. The number of carboxylic acids is 1. The molecule has 0 aromatic heterocycles. The van der Waals surface area contributed by atoms with Crippen LogP contribution < -0.4 is 4.74 Å². The monoisotopic (exact) mass is 250 g/mol. The molecule has 1 fully saturated rings. The number of carbonyl (C=O) groups excluding carboxylic acids is 1. The molecule has 0 unspecified atom stereocenters. The van der Waals surface area contributed by atoms with Gasteiger partial charge >= 0.3 is 11.9 Å². The maximum Gasteiger partial charge on any atom is 0.321 e. The minimum Gasteiger partial charge on any atom is -0.494 e. The third-order valence-electron chi connectivity index (χ3n) is 2.95. The Morgan fingerprint density at radius 1 is 1.44 bits per heavy atom. The van der Waals surface area contributed by atoms with Crippen LogP contribution in [-0.4, -0.2) is 30.3 Å². The summed E-state index contributed by atoms with van der Waals surface area (Å²) in [5.74, 6) is -2.62. The molecule has 1 N–H and O–H groups in total. The van der Waals surface area contributed by atoms with Crippen LogP contribution in [0.1, 0.15) is 18.4 Å². The molecule has 0 radical (unpaired) electrons. The van der Waals surface area contributed by atoms with E-state index in [1.54, 1.807) is 24.3 Å². The van der Waals surface area contributed by atoms with E-state index in [1.165, 1.54) is 0 Å². The van der Waals surface area contributed by atoms with Gasteiger partial charge in [-0.3, -0.25) is 9.59 Å². The van der Waals surface area contributed by atoms with Gasteiger partial charge in [0.15, 0.2) is 5.92 Å². The first-order valence-corrected chi connectivity index (χ1v) is 5.75. The SMILES string of the molecule is CCOc1ccc([C@@H]2COC(=O)[C@H]2C(=O)O)cc1. The third-order valence-corrected chi connectivity index (χ3v) is 2.95. The number of ether oxygens (including phenoxy) is 2. The van der Waals surface area contributed by atoms with Crippen LogP contribution in [0.5, 0.6) is 5.75 Å². The number of hydrogen-bond donors (Lipinski definition) is 1. The number of cyclic esters (lactones) is 1. The highest BCUT2D eigenvalue weighted by atomic mass is 16.5. The zero-order valence-electron chi connectivity index (χ0n) is 9.96. The Kier molecular flexibility index (Phi) is 3.50. The van der Waals surface area contributed by atoms with Crippen molar-refractivity contribution in [1.29, 1.82) is 0 Å². The summed E-state index contributed by atoms with van der Waals surface area (Å²) in [6.45, 7) is 2.57. The minimum absolute atomic E-state index is 0.115. The fraction of sp³-hybridized carbons (Fsp3) is 0.385. The molecule has 18 heavy (non-hydrogen) atoms. The summed E-state index contributed by atoms with van der Waals surface area (Å²) in [7, 11) is 0. The van der Waals surface area contributed by atoms with Crippen molar-refractivity contribution in [2.24, 2.45) is 5.92 Å². The van der Waals surface area contributed by atoms with Gasteiger partial charge in [0.05, 0.1) is 13.2 Å². The van der Waals surface area contributed by atoms with Gasteiger partial charge < -0.3 is 14.6 Å². The molecule has 0 saturated carbocycles. The fourth-order valence-corrected chi connectivity index (χ4v) is 2.06. The zero-order valence-corrected chi connectivity index (χ0v) is 9.96. The Morgan fingerprint density at radius 3 is 2.67 bits per heavy atom. The average molecular weight is 250 g/mol. The largest absolute Gasteiger partial charge is 0.494 e. The van der Waals surface area contributed by atoms with Crippen LogP contribution in [0.4, 0.5) is 0 Å². The second-order valence-corrected chi connectivity index (χ2v) is 4.05. The number of benzene rings is 1. The predicted molar refractivity (Wildman–Crippen MR) is 62.4 cm³/mol. The van der Waals surface area contributed by atoms with Gasteiger partial charge in [0, 0.05) is 5.92 Å². The van der Waals surface area contributed by atoms with Gasteiger partial charge in [0.25, 0.3) is 0 Å². The van der Waals surface area contributed by atoms with Crippen molar-refractivity contribution in [3.05, 3.63) is 29.8 Å². The number of hydrogen-bond acceptors (Lipinski definition) is 4. The highest BCUT2D eigenvalue weighted by Crippen LogP contribution is 2.32. The Bertz CT molecular complexity index is 451. The molecule has 0 aliphatic carbocycles. The van der Waals surface area contributed by atoms with Gasteiger partial charge in [0.1, 0.15) is 5.75 Å². The average Bonchev–Trinajstić information content (AvgIpc) is 2.73. The summed E-state index contributed by atoms with van der Waals surface area (Å²) in [5.41, 5.74) is 0.775. The van der Waals surface area contributed by atoms with Crippen molar-refractivity contribution >= 4 is 11.9 Å². The van der Waals surface area contributed by atoms with Crippen molar-refractivity contribution in [1.82, 2.24) is 0 Å². The van der Waals surface area contributed by atoms with Crippen LogP contribution in [0.15, 0.2) is 24.3 Å². The Labute approximate surface area is 104 Å². The van der Waals surface area contributed by atoms with Gasteiger partial charge in [-0.2, -0.15) is 0 Å². The van der Waals surface area contributed by atoms with E-state index in [2.05, 4.69) is 0 Å². The molecule has 2 rings (SSSR count). The highest BCUT2D eigenvalue weighted by molar-refractivity contribution is 5.96. The summed E-state index contributed by atoms with van der Waals surface area (Å²) in [5, 5.41) is 9.03. The van der Waals surface area contributed by atoms with E-state index in [-0.39, 0.29) is 6.61 Å². The van der Waals surface area contributed by atoms with E-state index >= 15 is 0 Å². The summed E-state index contributed by atoms with van der Waals surface area (Å²) in [6.07, 6.45) is 0. The van der Waals surface area contributed by atoms with Gasteiger partial charge in [-0.05, 0) is 24.6 Å². The standard InChI is InChI=1S/C13H14O5/c1-2-17-9-5-3-8(4-6-9)10-7-18-13(16)11(10)12(14)15/h3-6,10-11H,2,7H2,1H3,(H,14,15)/t10-,11+/m0/s1. The molecule has 1 saturated heterocycles. The van der Waals surface area contributed by atoms with Crippen molar-refractivity contribution in [2.75, 3.05) is 13.2 Å². The molecule has 2 atom stereocenters. The first-order valence-electron chi connectivity index (χ1n) is 5.75. The molecule has 5 heteroatoms. The Hall–Kier alpha value is -2.04. The molecule has 1 aromatic carbocycles. The van der Waals surface area contributed by atoms with Crippen LogP contribution in [-0.2, 0) is 14.3 Å². The molecule has 1 heterocycles. The lowest BCUT2D eigenvalue weighted by molar-refractivity contribution is -0.152. The first-order chi connectivity index (χ1) is 8.63. The maximum atomic E-state index is 11.3. The van der Waals surface area contributed by atoms with E-state index in [9.17, 15) is 9.59 Å². The number of esters is 1. The molecule has 1 aliphatic rings. The first kappa shape index (κ1) is 12.4. The van der Waals surface area contributed by atoms with E-state index in [0.29, 0.717) is 6.61 Å². The van der Waals surface area contributed by atoms with Crippen LogP contribution in [0.3, 0.4) is 0 Å². The number of carbonyl (C=O) groups is 2. The molecule has 5 nitrogen and oxygen atoms in total. The number of carboxylic acid groups (broad SMARTS) is 1. The highest BCUT2D eigenvalue weighted by Gasteiger charge is 2.43. The Morgan fingerprint density at radius 2 is 2.11 bits per heavy atom. The van der Waals surface area contributed by atoms with E-state index in [1.807, 2.05) is 6.92 Å². The van der Waals surface area contributed by atoms with Crippen molar-refractivity contribution in [3.8, 4) is 5.75 Å². The number of aliphatic carboxylic acids is 1. The molecular weight excluding hydrogens is 236 g/mol. The molecule has 1 aliphatic heterocycles. The summed E-state index contributed by atoms with van der Waals surface area (Å²) in [6, 6.07) is 7.07. The van der Waals surface area contributed by atoms with E-state index in [4.69, 9.17) is 14.6 Å². The topological polar surface area (TPSA) is 72.8 Å². The molecule has 0 bridgehead atoms. The van der Waals surface area contributed by atoms with E-state index in [0.717, 1.165) is 11.3 Å². The lowest BCUT2D eigenvalue weighted by Gasteiger charge is -2.12. The lowest BCUT2D eigenvalue weighted by Crippen LogP contribution is -2.24. The normalized spacial score (nSPS) is 22.6. The van der Waals surface area contributed by atoms with Crippen LogP contribution in [0, 0.1) is 5.92 Å². The fourth-order valence-electron chi connectivity index (χ4n) is 2.06. The van der Waals surface area contributed by atoms with Crippen molar-refractivity contribution in [3.63, 3.8) is 0 Å². The predicted octanol–water partition coefficient (Wildman–Crippen LogP) is 1.43. The van der Waals surface area contributed by atoms with E-state index < -0.39 is 23.8 Å². The van der Waals surface area contributed by atoms with Crippen LogP contribution in [0.2, 0.25) is 0 Å². The minimum atomic E-state index is -1.14.